The van der Waals surface area contributed by atoms with Crippen molar-refractivity contribution in [2.75, 3.05) is 36.0 Å². The van der Waals surface area contributed by atoms with Crippen LogP contribution in [-0.4, -0.2) is 26.2 Å². The molecule has 0 N–H and O–H groups in total. The predicted molar refractivity (Wildman–Crippen MR) is 144 cm³/mol. The fraction of sp³-hybridized carbons (Fsp3) is 0.600. The minimum Gasteiger partial charge on any atom is -0.371 e. The molecular weight excluding hydrogens is 388 g/mol. The van der Waals surface area contributed by atoms with Crippen molar-refractivity contribution in [3.8, 4) is 0 Å². The third-order valence-electron chi connectivity index (χ3n) is 5.65. The predicted octanol–water partition coefficient (Wildman–Crippen LogP) is 7.71. The van der Waals surface area contributed by atoms with Crippen LogP contribution in [0.15, 0.2) is 48.5 Å². The van der Waals surface area contributed by atoms with E-state index in [0.29, 0.717) is 23.7 Å². The van der Waals surface area contributed by atoms with E-state index in [1.807, 2.05) is 0 Å². The molecule has 2 heteroatoms. The minimum atomic E-state index is 0.674. The zero-order valence-corrected chi connectivity index (χ0v) is 22.1. The summed E-state index contributed by atoms with van der Waals surface area (Å²) >= 11 is 0. The van der Waals surface area contributed by atoms with Gasteiger partial charge in [-0.15, -0.1) is 0 Å². The fourth-order valence-corrected chi connectivity index (χ4v) is 4.37. The molecule has 0 saturated carbocycles. The van der Waals surface area contributed by atoms with Gasteiger partial charge in [0.2, 0.25) is 0 Å². The third-order valence-corrected chi connectivity index (χ3v) is 5.65. The quantitative estimate of drug-likeness (QED) is 0.317. The van der Waals surface area contributed by atoms with Crippen LogP contribution in [0.3, 0.4) is 0 Å². The average Bonchev–Trinajstić information content (AvgIpc) is 2.71. The van der Waals surface area contributed by atoms with E-state index >= 15 is 0 Å². The summed E-state index contributed by atoms with van der Waals surface area (Å²) in [5.74, 6) is 2.70. The van der Waals surface area contributed by atoms with Gasteiger partial charge in [0.1, 0.15) is 0 Å². The molecule has 2 aromatic rings. The van der Waals surface area contributed by atoms with Crippen LogP contribution in [0.2, 0.25) is 0 Å². The zero-order chi connectivity index (χ0) is 23.7. The van der Waals surface area contributed by atoms with Crippen LogP contribution < -0.4 is 9.80 Å². The first-order valence-corrected chi connectivity index (χ1v) is 12.8. The molecule has 0 bridgehead atoms. The number of hydrogen-bond donors (Lipinski definition) is 0. The molecule has 0 radical (unpaired) electrons. The standard InChI is InChI=1S/C30H48N2/c1-23(2)19-31(20-24(3)4)29-15-11-27(12-16-29)9-10-28-13-17-30(18-14-28)32(21-25(5)6)22-26(7)8/h11-18,23-26H,9-10,19-22H2,1-8H3. The topological polar surface area (TPSA) is 6.48 Å². The van der Waals surface area contributed by atoms with Crippen molar-refractivity contribution in [3.05, 3.63) is 59.7 Å². The lowest BCUT2D eigenvalue weighted by atomic mass is 10.0. The van der Waals surface area contributed by atoms with E-state index in [-0.39, 0.29) is 0 Å². The highest BCUT2D eigenvalue weighted by atomic mass is 15.1. The number of benzene rings is 2. The Labute approximate surface area is 199 Å². The van der Waals surface area contributed by atoms with Gasteiger partial charge in [0, 0.05) is 37.6 Å². The van der Waals surface area contributed by atoms with Crippen LogP contribution in [-0.2, 0) is 12.8 Å². The number of aryl methyl sites for hydroxylation is 2. The van der Waals surface area contributed by atoms with E-state index in [2.05, 4.69) is 114 Å². The molecular formula is C30H48N2. The maximum atomic E-state index is 2.54. The van der Waals surface area contributed by atoms with Gasteiger partial charge >= 0.3 is 0 Å². The second-order valence-corrected chi connectivity index (χ2v) is 11.2. The SMILES string of the molecule is CC(C)CN(CC(C)C)c1ccc(CCc2ccc(N(CC(C)C)CC(C)C)cc2)cc1. The van der Waals surface area contributed by atoms with Gasteiger partial charge in [-0.05, 0) is 71.9 Å². The molecule has 0 aromatic heterocycles. The average molecular weight is 437 g/mol. The molecule has 0 fully saturated rings. The van der Waals surface area contributed by atoms with Crippen molar-refractivity contribution < 1.29 is 0 Å². The Kier molecular flexibility index (Phi) is 10.6. The molecule has 0 atom stereocenters. The molecule has 0 aliphatic rings. The Morgan fingerprint density at radius 2 is 0.688 bits per heavy atom. The van der Waals surface area contributed by atoms with Crippen molar-refractivity contribution >= 4 is 11.4 Å². The molecule has 2 aromatic carbocycles. The van der Waals surface area contributed by atoms with Gasteiger partial charge in [-0.1, -0.05) is 79.7 Å². The summed E-state index contributed by atoms with van der Waals surface area (Å²) in [5, 5.41) is 0. The summed E-state index contributed by atoms with van der Waals surface area (Å²) in [6.45, 7) is 22.9. The van der Waals surface area contributed by atoms with Crippen molar-refractivity contribution in [3.63, 3.8) is 0 Å². The van der Waals surface area contributed by atoms with Crippen LogP contribution in [0.5, 0.6) is 0 Å². The monoisotopic (exact) mass is 436 g/mol. The van der Waals surface area contributed by atoms with Crippen molar-refractivity contribution in [1.29, 1.82) is 0 Å². The molecule has 2 rings (SSSR count). The van der Waals surface area contributed by atoms with Gasteiger partial charge in [-0.2, -0.15) is 0 Å². The highest BCUT2D eigenvalue weighted by Crippen LogP contribution is 2.21. The van der Waals surface area contributed by atoms with Gasteiger partial charge in [0.15, 0.2) is 0 Å². The van der Waals surface area contributed by atoms with E-state index in [4.69, 9.17) is 0 Å². The molecule has 0 aliphatic heterocycles. The number of nitrogens with zero attached hydrogens (tertiary/aromatic N) is 2. The molecule has 0 unspecified atom stereocenters. The van der Waals surface area contributed by atoms with Gasteiger partial charge in [0.25, 0.3) is 0 Å². The molecule has 2 nitrogen and oxygen atoms in total. The third kappa shape index (κ3) is 9.27. The van der Waals surface area contributed by atoms with E-state index in [1.54, 1.807) is 0 Å². The summed E-state index contributed by atoms with van der Waals surface area (Å²) in [5.41, 5.74) is 5.56. The summed E-state index contributed by atoms with van der Waals surface area (Å²) in [6, 6.07) is 18.6. The lowest BCUT2D eigenvalue weighted by Gasteiger charge is -2.29. The number of hydrogen-bond acceptors (Lipinski definition) is 2. The number of rotatable bonds is 13. The van der Waals surface area contributed by atoms with Crippen molar-refractivity contribution in [1.82, 2.24) is 0 Å². The van der Waals surface area contributed by atoms with Crippen LogP contribution >= 0.6 is 0 Å². The van der Waals surface area contributed by atoms with Gasteiger partial charge < -0.3 is 9.80 Å². The lowest BCUT2D eigenvalue weighted by molar-refractivity contribution is 0.552. The molecule has 0 aliphatic carbocycles. The smallest absolute Gasteiger partial charge is 0.0366 e. The summed E-state index contributed by atoms with van der Waals surface area (Å²) in [4.78, 5) is 5.08. The first-order valence-electron chi connectivity index (χ1n) is 12.8. The van der Waals surface area contributed by atoms with Gasteiger partial charge in [0.05, 0.1) is 0 Å². The summed E-state index contributed by atoms with van der Waals surface area (Å²) < 4.78 is 0. The molecule has 178 valence electrons. The normalized spacial score (nSPS) is 11.8. The molecule has 0 saturated heterocycles. The van der Waals surface area contributed by atoms with E-state index in [0.717, 1.165) is 39.0 Å². The second kappa shape index (κ2) is 12.9. The Morgan fingerprint density at radius 3 is 0.906 bits per heavy atom. The van der Waals surface area contributed by atoms with Gasteiger partial charge in [-0.25, -0.2) is 0 Å². The Morgan fingerprint density at radius 1 is 0.438 bits per heavy atom. The van der Waals surface area contributed by atoms with Crippen LogP contribution in [0.4, 0.5) is 11.4 Å². The zero-order valence-electron chi connectivity index (χ0n) is 22.1. The van der Waals surface area contributed by atoms with Crippen molar-refractivity contribution in [2.24, 2.45) is 23.7 Å². The van der Waals surface area contributed by atoms with Crippen LogP contribution in [0.1, 0.15) is 66.5 Å². The Balaban J connectivity index is 1.98. The van der Waals surface area contributed by atoms with E-state index in [9.17, 15) is 0 Å². The maximum Gasteiger partial charge on any atom is 0.0366 e. The first-order chi connectivity index (χ1) is 15.1. The molecule has 0 heterocycles. The molecule has 0 spiro atoms. The van der Waals surface area contributed by atoms with Crippen molar-refractivity contribution in [2.45, 2.75) is 68.2 Å². The molecule has 32 heavy (non-hydrogen) atoms. The first kappa shape index (κ1) is 26.3. The Hall–Kier alpha value is -1.96. The largest absolute Gasteiger partial charge is 0.371 e. The highest BCUT2D eigenvalue weighted by molar-refractivity contribution is 5.49. The fourth-order valence-electron chi connectivity index (χ4n) is 4.37. The highest BCUT2D eigenvalue weighted by Gasteiger charge is 2.12. The molecule has 0 amide bonds. The second-order valence-electron chi connectivity index (χ2n) is 11.2. The minimum absolute atomic E-state index is 0.674. The summed E-state index contributed by atoms with van der Waals surface area (Å²) in [7, 11) is 0. The van der Waals surface area contributed by atoms with E-state index < -0.39 is 0 Å². The number of anilines is 2. The van der Waals surface area contributed by atoms with Gasteiger partial charge in [-0.3, -0.25) is 0 Å². The van der Waals surface area contributed by atoms with Crippen LogP contribution in [0.25, 0.3) is 0 Å². The lowest BCUT2D eigenvalue weighted by Crippen LogP contribution is -2.31. The Bertz CT molecular complexity index is 669. The van der Waals surface area contributed by atoms with Crippen LogP contribution in [0, 0.1) is 23.7 Å². The van der Waals surface area contributed by atoms with E-state index in [1.165, 1.54) is 22.5 Å². The summed E-state index contributed by atoms with van der Waals surface area (Å²) in [6.07, 6.45) is 2.19. The maximum absolute atomic E-state index is 2.54.